The smallest absolute Gasteiger partial charge is 0.258 e. The van der Waals surface area contributed by atoms with Crippen molar-refractivity contribution in [3.05, 3.63) is 65.9 Å². The summed E-state index contributed by atoms with van der Waals surface area (Å²) in [7, 11) is 0. The summed E-state index contributed by atoms with van der Waals surface area (Å²) >= 11 is 0. The number of aryl methyl sites for hydroxylation is 1. The number of hydrogen-bond acceptors (Lipinski definition) is 6. The number of rotatable bonds is 7. The molecule has 27 heavy (non-hydrogen) atoms. The summed E-state index contributed by atoms with van der Waals surface area (Å²) in [6, 6.07) is 7.48. The summed E-state index contributed by atoms with van der Waals surface area (Å²) in [5, 5.41) is 14.8. The lowest BCUT2D eigenvalue weighted by Crippen LogP contribution is -2.17. The van der Waals surface area contributed by atoms with E-state index in [0.29, 0.717) is 18.0 Å². The van der Waals surface area contributed by atoms with Gasteiger partial charge in [0.1, 0.15) is 6.26 Å². The Morgan fingerprint density at radius 3 is 3.00 bits per heavy atom. The molecule has 0 spiro atoms. The number of benzene rings is 1. The van der Waals surface area contributed by atoms with Crippen LogP contribution in [0.2, 0.25) is 0 Å². The van der Waals surface area contributed by atoms with E-state index in [1.807, 2.05) is 18.2 Å². The van der Waals surface area contributed by atoms with E-state index in [4.69, 9.17) is 8.83 Å². The molecule has 138 valence electrons. The molecule has 0 saturated carbocycles. The van der Waals surface area contributed by atoms with Crippen LogP contribution in [0.3, 0.4) is 0 Å². The van der Waals surface area contributed by atoms with Crippen molar-refractivity contribution in [3.8, 4) is 0 Å². The first-order valence-electron chi connectivity index (χ1n) is 8.61. The summed E-state index contributed by atoms with van der Waals surface area (Å²) in [6.07, 6.45) is 5.06. The van der Waals surface area contributed by atoms with Gasteiger partial charge >= 0.3 is 0 Å². The maximum atomic E-state index is 12.2. The van der Waals surface area contributed by atoms with Crippen LogP contribution in [-0.4, -0.2) is 27.6 Å². The molecule has 0 saturated heterocycles. The van der Waals surface area contributed by atoms with Gasteiger partial charge in [-0.25, -0.2) is 0 Å². The summed E-state index contributed by atoms with van der Waals surface area (Å²) in [5.41, 5.74) is 4.60. The van der Waals surface area contributed by atoms with Gasteiger partial charge in [0.15, 0.2) is 0 Å². The van der Waals surface area contributed by atoms with E-state index >= 15 is 0 Å². The number of nitrogens with zero attached hydrogens (tertiary/aromatic N) is 2. The Morgan fingerprint density at radius 2 is 2.22 bits per heavy atom. The Kier molecular flexibility index (Phi) is 4.71. The lowest BCUT2D eigenvalue weighted by molar-refractivity contribution is 0.102. The molecule has 0 aliphatic heterocycles. The Labute approximate surface area is 155 Å². The zero-order valence-electron chi connectivity index (χ0n) is 14.8. The van der Waals surface area contributed by atoms with Gasteiger partial charge in [0.05, 0.1) is 18.4 Å². The maximum Gasteiger partial charge on any atom is 0.258 e. The highest BCUT2D eigenvalue weighted by molar-refractivity contribution is 6.05. The molecule has 0 unspecified atom stereocenters. The van der Waals surface area contributed by atoms with Gasteiger partial charge < -0.3 is 24.5 Å². The standard InChI is InChI=1S/C19H19N5O3/c1-12-15(4-6-20-9-18-24-21-11-27-18)16-8-14(2-3-17(16)22-12)23-19(25)13-5-7-26-10-13/h2-3,5,7-8,10-11,20,22H,4,6,9H2,1H3,(H,23,25). The second-order valence-electron chi connectivity index (χ2n) is 6.21. The Balaban J connectivity index is 1.46. The van der Waals surface area contributed by atoms with Crippen LogP contribution in [0.5, 0.6) is 0 Å². The third-order valence-corrected chi connectivity index (χ3v) is 4.39. The van der Waals surface area contributed by atoms with Crippen LogP contribution >= 0.6 is 0 Å². The molecule has 4 aromatic rings. The van der Waals surface area contributed by atoms with Crippen LogP contribution in [-0.2, 0) is 13.0 Å². The second-order valence-corrected chi connectivity index (χ2v) is 6.21. The maximum absolute atomic E-state index is 12.2. The fourth-order valence-corrected chi connectivity index (χ4v) is 3.06. The molecule has 0 fully saturated rings. The van der Waals surface area contributed by atoms with Gasteiger partial charge in [-0.05, 0) is 49.7 Å². The average Bonchev–Trinajstić information content (AvgIpc) is 3.41. The molecule has 0 aliphatic carbocycles. The first kappa shape index (κ1) is 17.0. The lowest BCUT2D eigenvalue weighted by Gasteiger charge is -2.06. The Hall–Kier alpha value is -3.39. The van der Waals surface area contributed by atoms with Crippen molar-refractivity contribution >= 4 is 22.5 Å². The van der Waals surface area contributed by atoms with E-state index in [2.05, 4.69) is 32.7 Å². The number of hydrogen-bond donors (Lipinski definition) is 3. The number of aromatic nitrogens is 3. The van der Waals surface area contributed by atoms with Crippen LogP contribution in [0.25, 0.3) is 10.9 Å². The molecule has 3 heterocycles. The fraction of sp³-hybridized carbons (Fsp3) is 0.211. The highest BCUT2D eigenvalue weighted by Crippen LogP contribution is 2.26. The summed E-state index contributed by atoms with van der Waals surface area (Å²) < 4.78 is 10.1. The number of nitrogens with one attached hydrogen (secondary N) is 3. The minimum Gasteiger partial charge on any atom is -0.472 e. The number of furan rings is 1. The molecule has 4 rings (SSSR count). The zero-order chi connectivity index (χ0) is 18.6. The van der Waals surface area contributed by atoms with E-state index in [1.165, 1.54) is 24.5 Å². The van der Waals surface area contributed by atoms with Gasteiger partial charge in [-0.15, -0.1) is 10.2 Å². The van der Waals surface area contributed by atoms with Crippen molar-refractivity contribution in [1.82, 2.24) is 20.5 Å². The largest absolute Gasteiger partial charge is 0.472 e. The van der Waals surface area contributed by atoms with Gasteiger partial charge in [0, 0.05) is 22.3 Å². The molecule has 3 aromatic heterocycles. The highest BCUT2D eigenvalue weighted by atomic mass is 16.4. The number of aromatic amines is 1. The van der Waals surface area contributed by atoms with Crippen molar-refractivity contribution in [2.45, 2.75) is 19.9 Å². The van der Waals surface area contributed by atoms with Crippen LogP contribution in [0.1, 0.15) is 27.5 Å². The third kappa shape index (κ3) is 3.75. The SMILES string of the molecule is Cc1[nH]c2ccc(NC(=O)c3ccoc3)cc2c1CCNCc1nnco1. The van der Waals surface area contributed by atoms with Crippen molar-refractivity contribution in [2.24, 2.45) is 0 Å². The van der Waals surface area contributed by atoms with Gasteiger partial charge in [-0.3, -0.25) is 4.79 Å². The molecule has 0 radical (unpaired) electrons. The molecule has 8 heteroatoms. The van der Waals surface area contributed by atoms with Crippen LogP contribution in [0.4, 0.5) is 5.69 Å². The normalized spacial score (nSPS) is 11.1. The predicted octanol–water partition coefficient (Wildman–Crippen LogP) is 3.04. The van der Waals surface area contributed by atoms with E-state index < -0.39 is 0 Å². The monoisotopic (exact) mass is 365 g/mol. The van der Waals surface area contributed by atoms with E-state index in [0.717, 1.165) is 35.2 Å². The molecule has 3 N–H and O–H groups in total. The van der Waals surface area contributed by atoms with Crippen molar-refractivity contribution in [2.75, 3.05) is 11.9 Å². The molecular weight excluding hydrogens is 346 g/mol. The number of anilines is 1. The minimum atomic E-state index is -0.196. The number of amides is 1. The van der Waals surface area contributed by atoms with E-state index in [9.17, 15) is 4.79 Å². The Morgan fingerprint density at radius 1 is 1.30 bits per heavy atom. The number of carbonyl (C=O) groups is 1. The topological polar surface area (TPSA) is 109 Å². The van der Waals surface area contributed by atoms with Crippen LogP contribution < -0.4 is 10.6 Å². The lowest BCUT2D eigenvalue weighted by atomic mass is 10.1. The zero-order valence-corrected chi connectivity index (χ0v) is 14.8. The molecule has 0 aliphatic rings. The van der Waals surface area contributed by atoms with E-state index in [1.54, 1.807) is 6.07 Å². The first-order valence-corrected chi connectivity index (χ1v) is 8.61. The Bertz CT molecular complexity index is 1040. The van der Waals surface area contributed by atoms with Gasteiger partial charge in [-0.1, -0.05) is 0 Å². The second kappa shape index (κ2) is 7.46. The van der Waals surface area contributed by atoms with E-state index in [-0.39, 0.29) is 5.91 Å². The van der Waals surface area contributed by atoms with Gasteiger partial charge in [-0.2, -0.15) is 0 Å². The molecular formula is C19H19N5O3. The molecule has 1 amide bonds. The average molecular weight is 365 g/mol. The molecule has 0 atom stereocenters. The van der Waals surface area contributed by atoms with Crippen molar-refractivity contribution < 1.29 is 13.6 Å². The molecule has 1 aromatic carbocycles. The van der Waals surface area contributed by atoms with Gasteiger partial charge in [0.2, 0.25) is 12.3 Å². The predicted molar refractivity (Wildman–Crippen MR) is 99.4 cm³/mol. The third-order valence-electron chi connectivity index (χ3n) is 4.39. The number of carbonyl (C=O) groups excluding carboxylic acids is 1. The number of H-pyrrole nitrogens is 1. The van der Waals surface area contributed by atoms with Crippen LogP contribution in [0, 0.1) is 6.92 Å². The first-order chi connectivity index (χ1) is 13.2. The molecule has 0 bridgehead atoms. The summed E-state index contributed by atoms with van der Waals surface area (Å²) in [6.45, 7) is 3.35. The van der Waals surface area contributed by atoms with Crippen molar-refractivity contribution in [1.29, 1.82) is 0 Å². The quantitative estimate of drug-likeness (QED) is 0.434. The minimum absolute atomic E-state index is 0.196. The van der Waals surface area contributed by atoms with Gasteiger partial charge in [0.25, 0.3) is 5.91 Å². The van der Waals surface area contributed by atoms with Crippen LogP contribution in [0.15, 0.2) is 52.0 Å². The van der Waals surface area contributed by atoms with Crippen molar-refractivity contribution in [3.63, 3.8) is 0 Å². The molecule has 8 nitrogen and oxygen atoms in total. The summed E-state index contributed by atoms with van der Waals surface area (Å²) in [5.74, 6) is 0.369. The highest BCUT2D eigenvalue weighted by Gasteiger charge is 2.12. The fourth-order valence-electron chi connectivity index (χ4n) is 3.06. The number of fused-ring (bicyclic) bond motifs is 1. The summed E-state index contributed by atoms with van der Waals surface area (Å²) in [4.78, 5) is 15.6.